The molecule has 2 rings (SSSR count). The second-order valence-corrected chi connectivity index (χ2v) is 6.88. The summed E-state index contributed by atoms with van der Waals surface area (Å²) in [6.07, 6.45) is 6.10. The van der Waals surface area contributed by atoms with Crippen LogP contribution < -0.4 is 16.4 Å². The number of nitrogens with two attached hydrogens (primary N) is 1. The van der Waals surface area contributed by atoms with Crippen molar-refractivity contribution in [1.82, 2.24) is 5.32 Å². The first-order valence-corrected chi connectivity index (χ1v) is 8.88. The standard InChI is InChI=1S/C19H29N3O2/c1-3-21-18(24)15-7-8-16(14(2)11-15)22-17(23)12-19(13-20)9-5-4-6-10-19/h7-8,11H,3-6,9-10,12-13,20H2,1-2H3,(H,21,24)(H,22,23). The van der Waals surface area contributed by atoms with Crippen molar-refractivity contribution < 1.29 is 9.59 Å². The molecule has 24 heavy (non-hydrogen) atoms. The van der Waals surface area contributed by atoms with Crippen molar-refractivity contribution in [3.8, 4) is 0 Å². The molecule has 0 heterocycles. The highest BCUT2D eigenvalue weighted by molar-refractivity contribution is 5.96. The van der Waals surface area contributed by atoms with Crippen molar-refractivity contribution in [2.75, 3.05) is 18.4 Å². The molecule has 0 radical (unpaired) electrons. The fourth-order valence-corrected chi connectivity index (χ4v) is 3.50. The van der Waals surface area contributed by atoms with Gasteiger partial charge in [-0.15, -0.1) is 0 Å². The number of rotatable bonds is 6. The van der Waals surface area contributed by atoms with E-state index in [4.69, 9.17) is 5.73 Å². The van der Waals surface area contributed by atoms with Crippen LogP contribution in [0.15, 0.2) is 18.2 Å². The Hall–Kier alpha value is -1.88. The molecule has 0 atom stereocenters. The SMILES string of the molecule is CCNC(=O)c1ccc(NC(=O)CC2(CN)CCCCC2)c(C)c1. The summed E-state index contributed by atoms with van der Waals surface area (Å²) >= 11 is 0. The molecule has 0 aliphatic heterocycles. The lowest BCUT2D eigenvalue weighted by Crippen LogP contribution is -2.36. The maximum atomic E-state index is 12.5. The van der Waals surface area contributed by atoms with Gasteiger partial charge in [0.2, 0.25) is 5.91 Å². The summed E-state index contributed by atoms with van der Waals surface area (Å²) in [5, 5.41) is 5.76. The fourth-order valence-electron chi connectivity index (χ4n) is 3.50. The molecule has 2 amide bonds. The molecule has 0 saturated heterocycles. The Labute approximate surface area is 144 Å². The lowest BCUT2D eigenvalue weighted by molar-refractivity contribution is -0.118. The van der Waals surface area contributed by atoms with E-state index in [9.17, 15) is 9.59 Å². The van der Waals surface area contributed by atoms with E-state index < -0.39 is 0 Å². The molecule has 0 spiro atoms. The second kappa shape index (κ2) is 8.29. The predicted molar refractivity (Wildman–Crippen MR) is 97.0 cm³/mol. The number of aryl methyl sites for hydroxylation is 1. The number of hydrogen-bond donors (Lipinski definition) is 3. The van der Waals surface area contributed by atoms with E-state index in [1.165, 1.54) is 6.42 Å². The average Bonchev–Trinajstić information content (AvgIpc) is 2.57. The smallest absolute Gasteiger partial charge is 0.251 e. The third-order valence-corrected chi connectivity index (χ3v) is 4.98. The summed E-state index contributed by atoms with van der Waals surface area (Å²) in [5.41, 5.74) is 8.18. The van der Waals surface area contributed by atoms with Gasteiger partial charge in [-0.25, -0.2) is 0 Å². The van der Waals surface area contributed by atoms with Crippen molar-refractivity contribution in [2.45, 2.75) is 52.4 Å². The van der Waals surface area contributed by atoms with Crippen molar-refractivity contribution in [3.63, 3.8) is 0 Å². The third-order valence-electron chi connectivity index (χ3n) is 4.98. The number of nitrogens with one attached hydrogen (secondary N) is 2. The van der Waals surface area contributed by atoms with Gasteiger partial charge in [0.25, 0.3) is 5.91 Å². The molecule has 1 aliphatic carbocycles. The minimum atomic E-state index is -0.0947. The van der Waals surface area contributed by atoms with Crippen molar-refractivity contribution >= 4 is 17.5 Å². The summed E-state index contributed by atoms with van der Waals surface area (Å²) in [7, 11) is 0. The second-order valence-electron chi connectivity index (χ2n) is 6.88. The minimum Gasteiger partial charge on any atom is -0.352 e. The van der Waals surface area contributed by atoms with Crippen molar-refractivity contribution in [2.24, 2.45) is 11.1 Å². The van der Waals surface area contributed by atoms with Crippen LogP contribution in [0.1, 0.15) is 61.4 Å². The zero-order chi connectivity index (χ0) is 17.6. The van der Waals surface area contributed by atoms with Gasteiger partial charge in [0.1, 0.15) is 0 Å². The summed E-state index contributed by atoms with van der Waals surface area (Å²) in [5.74, 6) is -0.0843. The van der Waals surface area contributed by atoms with Crippen LogP contribution in [0.3, 0.4) is 0 Å². The van der Waals surface area contributed by atoms with Crippen LogP contribution in [0.5, 0.6) is 0 Å². The number of anilines is 1. The first-order valence-electron chi connectivity index (χ1n) is 8.88. The normalized spacial score (nSPS) is 16.5. The average molecular weight is 331 g/mol. The van der Waals surface area contributed by atoms with Gasteiger partial charge in [-0.3, -0.25) is 9.59 Å². The summed E-state index contributed by atoms with van der Waals surface area (Å²) in [4.78, 5) is 24.3. The van der Waals surface area contributed by atoms with Crippen LogP contribution in [0.2, 0.25) is 0 Å². The molecule has 132 valence electrons. The molecule has 1 saturated carbocycles. The van der Waals surface area contributed by atoms with Gasteiger partial charge < -0.3 is 16.4 Å². The van der Waals surface area contributed by atoms with E-state index in [2.05, 4.69) is 10.6 Å². The van der Waals surface area contributed by atoms with Crippen LogP contribution >= 0.6 is 0 Å². The summed E-state index contributed by atoms with van der Waals surface area (Å²) in [6.45, 7) is 4.95. The minimum absolute atomic E-state index is 0.0104. The van der Waals surface area contributed by atoms with E-state index >= 15 is 0 Å². The van der Waals surface area contributed by atoms with Crippen LogP contribution in [-0.2, 0) is 4.79 Å². The molecular weight excluding hydrogens is 302 g/mol. The van der Waals surface area contributed by atoms with Gasteiger partial charge in [0, 0.05) is 24.2 Å². The topological polar surface area (TPSA) is 84.2 Å². The molecule has 0 bridgehead atoms. The Balaban J connectivity index is 2.02. The quantitative estimate of drug-likeness (QED) is 0.749. The predicted octanol–water partition coefficient (Wildman–Crippen LogP) is 2.98. The van der Waals surface area contributed by atoms with E-state index in [-0.39, 0.29) is 17.2 Å². The zero-order valence-corrected chi connectivity index (χ0v) is 14.8. The summed E-state index contributed by atoms with van der Waals surface area (Å²) in [6, 6.07) is 5.35. The third kappa shape index (κ3) is 4.57. The van der Waals surface area contributed by atoms with E-state index in [1.807, 2.05) is 13.8 Å². The molecule has 0 unspecified atom stereocenters. The Morgan fingerprint density at radius 2 is 1.92 bits per heavy atom. The highest BCUT2D eigenvalue weighted by Gasteiger charge is 2.33. The van der Waals surface area contributed by atoms with Gasteiger partial charge in [-0.1, -0.05) is 19.3 Å². The Bertz CT molecular complexity index is 592. The van der Waals surface area contributed by atoms with E-state index in [1.54, 1.807) is 18.2 Å². The molecule has 4 N–H and O–H groups in total. The highest BCUT2D eigenvalue weighted by atomic mass is 16.2. The summed E-state index contributed by atoms with van der Waals surface area (Å²) < 4.78 is 0. The molecule has 1 aromatic rings. The molecule has 1 fully saturated rings. The number of hydrogen-bond acceptors (Lipinski definition) is 3. The monoisotopic (exact) mass is 331 g/mol. The lowest BCUT2D eigenvalue weighted by atomic mass is 9.71. The fraction of sp³-hybridized carbons (Fsp3) is 0.579. The largest absolute Gasteiger partial charge is 0.352 e. The number of carbonyl (C=O) groups excluding carboxylic acids is 2. The Morgan fingerprint density at radius 1 is 1.21 bits per heavy atom. The van der Waals surface area contributed by atoms with Crippen LogP contribution in [0, 0.1) is 12.3 Å². The number of carbonyl (C=O) groups is 2. The van der Waals surface area contributed by atoms with Gasteiger partial charge >= 0.3 is 0 Å². The van der Waals surface area contributed by atoms with E-state index in [0.29, 0.717) is 25.1 Å². The van der Waals surface area contributed by atoms with Crippen LogP contribution in [-0.4, -0.2) is 24.9 Å². The van der Waals surface area contributed by atoms with Gasteiger partial charge in [-0.05, 0) is 62.4 Å². The van der Waals surface area contributed by atoms with Gasteiger partial charge in [-0.2, -0.15) is 0 Å². The molecule has 1 aromatic carbocycles. The van der Waals surface area contributed by atoms with E-state index in [0.717, 1.165) is 36.9 Å². The maximum absolute atomic E-state index is 12.5. The molecular formula is C19H29N3O2. The maximum Gasteiger partial charge on any atom is 0.251 e. The highest BCUT2D eigenvalue weighted by Crippen LogP contribution is 2.38. The molecule has 0 aromatic heterocycles. The Morgan fingerprint density at radius 3 is 2.50 bits per heavy atom. The van der Waals surface area contributed by atoms with Crippen LogP contribution in [0.4, 0.5) is 5.69 Å². The Kier molecular flexibility index (Phi) is 6.37. The number of amides is 2. The first kappa shape index (κ1) is 18.5. The zero-order valence-electron chi connectivity index (χ0n) is 14.8. The van der Waals surface area contributed by atoms with Crippen molar-refractivity contribution in [3.05, 3.63) is 29.3 Å². The van der Waals surface area contributed by atoms with Crippen LogP contribution in [0.25, 0.3) is 0 Å². The molecule has 1 aliphatic rings. The molecule has 5 nitrogen and oxygen atoms in total. The van der Waals surface area contributed by atoms with Gasteiger partial charge in [0.15, 0.2) is 0 Å². The van der Waals surface area contributed by atoms with Gasteiger partial charge in [0.05, 0.1) is 0 Å². The molecule has 5 heteroatoms. The number of benzene rings is 1. The first-order chi connectivity index (χ1) is 11.5. The van der Waals surface area contributed by atoms with Crippen molar-refractivity contribution in [1.29, 1.82) is 0 Å². The lowest BCUT2D eigenvalue weighted by Gasteiger charge is -2.35.